The van der Waals surface area contributed by atoms with Crippen LogP contribution in [-0.4, -0.2) is 34.6 Å². The molecule has 0 radical (unpaired) electrons. The maximum Gasteiger partial charge on any atom is 0.0923 e. The van der Waals surface area contributed by atoms with E-state index in [1.165, 1.54) is 5.57 Å². The van der Waals surface area contributed by atoms with E-state index in [2.05, 4.69) is 26.5 Å². The van der Waals surface area contributed by atoms with Gasteiger partial charge in [-0.15, -0.1) is 0 Å². The topological polar surface area (TPSA) is 53.0 Å². The minimum atomic E-state index is -0.572. The summed E-state index contributed by atoms with van der Waals surface area (Å²) in [5.41, 5.74) is 3.28. The Labute approximate surface area is 140 Å². The molecule has 0 saturated carbocycles. The third-order valence-electron chi connectivity index (χ3n) is 5.40. The molecule has 130 valence electrons. The van der Waals surface area contributed by atoms with E-state index < -0.39 is 6.10 Å². The van der Waals surface area contributed by atoms with E-state index in [0.29, 0.717) is 0 Å². The summed E-state index contributed by atoms with van der Waals surface area (Å²) in [4.78, 5) is 0. The molecule has 23 heavy (non-hydrogen) atoms. The standard InChI is InChI=1S/C20H32O3/c1-14(2)17-9-7-15(3)6-5-11-20(4)19(23-20)10-8-16(13-21)12-18(17)22/h6,12,17-19,21-22H,1,5,7-11,13H2,2-4H3/b15-6+,16-12-/t17-,18-,19-,20+/m0/s1. The second-order valence-electron chi connectivity index (χ2n) is 7.51. The fourth-order valence-corrected chi connectivity index (χ4v) is 3.56. The number of aliphatic hydroxyl groups excluding tert-OH is 2. The average Bonchev–Trinajstić information content (AvgIpc) is 3.13. The van der Waals surface area contributed by atoms with Crippen molar-refractivity contribution in [1.29, 1.82) is 0 Å². The van der Waals surface area contributed by atoms with E-state index in [4.69, 9.17) is 4.74 Å². The van der Waals surface area contributed by atoms with Crippen LogP contribution >= 0.6 is 0 Å². The highest BCUT2D eigenvalue weighted by Crippen LogP contribution is 2.43. The first-order valence-electron chi connectivity index (χ1n) is 8.83. The number of fused-ring (bicyclic) bond motifs is 1. The maximum absolute atomic E-state index is 10.6. The molecule has 4 atom stereocenters. The zero-order valence-electron chi connectivity index (χ0n) is 14.8. The molecule has 3 nitrogen and oxygen atoms in total. The molecule has 0 bridgehead atoms. The van der Waals surface area contributed by atoms with Crippen LogP contribution in [0.2, 0.25) is 0 Å². The molecule has 1 heterocycles. The summed E-state index contributed by atoms with van der Waals surface area (Å²) in [6, 6.07) is 0. The average molecular weight is 320 g/mol. The predicted octanol–water partition coefficient (Wildman–Crippen LogP) is 3.92. The van der Waals surface area contributed by atoms with Crippen molar-refractivity contribution in [3.8, 4) is 0 Å². The number of ether oxygens (including phenoxy) is 1. The van der Waals surface area contributed by atoms with Gasteiger partial charge in [-0.3, -0.25) is 0 Å². The monoisotopic (exact) mass is 320 g/mol. The number of epoxide rings is 1. The molecule has 2 rings (SSSR count). The van der Waals surface area contributed by atoms with Crippen LogP contribution in [0, 0.1) is 5.92 Å². The van der Waals surface area contributed by atoms with Gasteiger partial charge in [0.1, 0.15) is 0 Å². The van der Waals surface area contributed by atoms with E-state index in [-0.39, 0.29) is 24.2 Å². The number of hydrogen-bond donors (Lipinski definition) is 2. The maximum atomic E-state index is 10.6. The fourth-order valence-electron chi connectivity index (χ4n) is 3.56. The molecule has 0 aromatic carbocycles. The highest BCUT2D eigenvalue weighted by Gasteiger charge is 2.50. The molecule has 3 heteroatoms. The molecule has 1 fully saturated rings. The van der Waals surface area contributed by atoms with Crippen molar-refractivity contribution in [2.45, 2.75) is 77.1 Å². The summed E-state index contributed by atoms with van der Waals surface area (Å²) in [6.07, 6.45) is 9.52. The van der Waals surface area contributed by atoms with Gasteiger partial charge in [0.05, 0.1) is 24.4 Å². The molecule has 1 aliphatic heterocycles. The van der Waals surface area contributed by atoms with Gasteiger partial charge in [-0.2, -0.15) is 0 Å². The van der Waals surface area contributed by atoms with Gasteiger partial charge in [-0.1, -0.05) is 29.9 Å². The lowest BCUT2D eigenvalue weighted by atomic mass is 9.87. The van der Waals surface area contributed by atoms with Crippen LogP contribution in [0.15, 0.2) is 35.5 Å². The Morgan fingerprint density at radius 2 is 2.13 bits per heavy atom. The third-order valence-corrected chi connectivity index (χ3v) is 5.40. The molecule has 2 N–H and O–H groups in total. The molecule has 1 aliphatic carbocycles. The molecule has 0 aromatic heterocycles. The lowest BCUT2D eigenvalue weighted by Crippen LogP contribution is -2.20. The largest absolute Gasteiger partial charge is 0.392 e. The number of rotatable bonds is 2. The minimum absolute atomic E-state index is 0.000316. The van der Waals surface area contributed by atoms with E-state index >= 15 is 0 Å². The summed E-state index contributed by atoms with van der Waals surface area (Å²) in [6.45, 7) is 10.4. The molecule has 2 aliphatic rings. The molecule has 0 aromatic rings. The fraction of sp³-hybridized carbons (Fsp3) is 0.700. The van der Waals surface area contributed by atoms with Gasteiger partial charge in [0, 0.05) is 5.92 Å². The smallest absolute Gasteiger partial charge is 0.0923 e. The summed E-state index contributed by atoms with van der Waals surface area (Å²) in [7, 11) is 0. The first-order chi connectivity index (χ1) is 10.9. The second-order valence-corrected chi connectivity index (χ2v) is 7.51. The minimum Gasteiger partial charge on any atom is -0.392 e. The van der Waals surface area contributed by atoms with Crippen molar-refractivity contribution < 1.29 is 14.9 Å². The van der Waals surface area contributed by atoms with Crippen LogP contribution in [0.3, 0.4) is 0 Å². The Kier molecular flexibility index (Phi) is 6.24. The van der Waals surface area contributed by atoms with Gasteiger partial charge in [-0.25, -0.2) is 0 Å². The Morgan fingerprint density at radius 1 is 1.39 bits per heavy atom. The first kappa shape index (κ1) is 18.4. The number of allylic oxidation sites excluding steroid dienone is 2. The van der Waals surface area contributed by atoms with Crippen molar-refractivity contribution in [2.24, 2.45) is 5.92 Å². The van der Waals surface area contributed by atoms with Crippen molar-refractivity contribution >= 4 is 0 Å². The summed E-state index contributed by atoms with van der Waals surface area (Å²) in [5, 5.41) is 20.2. The van der Waals surface area contributed by atoms with E-state index in [1.807, 2.05) is 13.0 Å². The van der Waals surface area contributed by atoms with Gasteiger partial charge in [0.25, 0.3) is 0 Å². The molecule has 0 spiro atoms. The van der Waals surface area contributed by atoms with Crippen molar-refractivity contribution in [3.63, 3.8) is 0 Å². The molecular weight excluding hydrogens is 288 g/mol. The molecule has 0 unspecified atom stereocenters. The van der Waals surface area contributed by atoms with Crippen LogP contribution in [-0.2, 0) is 4.74 Å². The molecule has 0 amide bonds. The second kappa shape index (κ2) is 7.78. The highest BCUT2D eigenvalue weighted by atomic mass is 16.6. The van der Waals surface area contributed by atoms with Crippen molar-refractivity contribution in [1.82, 2.24) is 0 Å². The lowest BCUT2D eigenvalue weighted by molar-refractivity contribution is 0.163. The first-order valence-corrected chi connectivity index (χ1v) is 8.83. The number of aliphatic hydroxyl groups is 2. The van der Waals surface area contributed by atoms with Crippen molar-refractivity contribution in [3.05, 3.63) is 35.5 Å². The van der Waals surface area contributed by atoms with Gasteiger partial charge < -0.3 is 14.9 Å². The third kappa shape index (κ3) is 5.03. The van der Waals surface area contributed by atoms with Gasteiger partial charge in [0.15, 0.2) is 0 Å². The molecule has 1 saturated heterocycles. The van der Waals surface area contributed by atoms with Gasteiger partial charge in [0.2, 0.25) is 0 Å². The lowest BCUT2D eigenvalue weighted by Gasteiger charge is -2.22. The Morgan fingerprint density at radius 3 is 2.78 bits per heavy atom. The zero-order chi connectivity index (χ0) is 17.0. The van der Waals surface area contributed by atoms with Crippen LogP contribution in [0.1, 0.15) is 59.3 Å². The number of hydrogen-bond acceptors (Lipinski definition) is 3. The van der Waals surface area contributed by atoms with Crippen LogP contribution < -0.4 is 0 Å². The highest BCUT2D eigenvalue weighted by molar-refractivity contribution is 5.14. The van der Waals surface area contributed by atoms with E-state index in [9.17, 15) is 10.2 Å². The van der Waals surface area contributed by atoms with E-state index in [1.54, 1.807) is 0 Å². The normalized spacial score (nSPS) is 40.8. The Bertz CT molecular complexity index is 491. The Balaban J connectivity index is 2.15. The van der Waals surface area contributed by atoms with E-state index in [0.717, 1.165) is 49.7 Å². The summed E-state index contributed by atoms with van der Waals surface area (Å²) < 4.78 is 5.88. The van der Waals surface area contributed by atoms with Gasteiger partial charge in [-0.05, 0) is 64.9 Å². The van der Waals surface area contributed by atoms with Crippen molar-refractivity contribution in [2.75, 3.05) is 6.61 Å². The van der Waals surface area contributed by atoms with Crippen LogP contribution in [0.5, 0.6) is 0 Å². The molecular formula is C20H32O3. The quantitative estimate of drug-likeness (QED) is 0.599. The SMILES string of the molecule is C=C(C)[C@@H]1CC/C(C)=C/CC[C@@]2(C)O[C@H]2CC/C(CO)=C/[C@@H]1O. The van der Waals surface area contributed by atoms with Gasteiger partial charge >= 0.3 is 0 Å². The zero-order valence-corrected chi connectivity index (χ0v) is 14.8. The summed E-state index contributed by atoms with van der Waals surface area (Å²) in [5.74, 6) is 0.0466. The van der Waals surface area contributed by atoms with Crippen LogP contribution in [0.4, 0.5) is 0 Å². The Hall–Kier alpha value is -0.900. The summed E-state index contributed by atoms with van der Waals surface area (Å²) >= 11 is 0. The predicted molar refractivity (Wildman–Crippen MR) is 94.2 cm³/mol. The van der Waals surface area contributed by atoms with Crippen LogP contribution in [0.25, 0.3) is 0 Å².